The topological polar surface area (TPSA) is 79.3 Å². The zero-order valence-corrected chi connectivity index (χ0v) is 13.7. The van der Waals surface area contributed by atoms with Crippen LogP contribution in [-0.2, 0) is 9.53 Å². The second-order valence-electron chi connectivity index (χ2n) is 5.71. The summed E-state index contributed by atoms with van der Waals surface area (Å²) in [5.41, 5.74) is 0.0577. The fourth-order valence-electron chi connectivity index (χ4n) is 2.67. The van der Waals surface area contributed by atoms with Gasteiger partial charge in [-0.25, -0.2) is 0 Å². The molecule has 1 N–H and O–H groups in total. The second kappa shape index (κ2) is 8.72. The molecule has 1 aliphatic heterocycles. The highest BCUT2D eigenvalue weighted by Gasteiger charge is 2.28. The molecule has 1 aromatic carbocycles. The first-order chi connectivity index (χ1) is 11.9. The number of likely N-dealkylation sites (N-methyl/N-ethyl adjacent to an activating group) is 1. The number of halogens is 2. The Labute approximate surface area is 143 Å². The minimum Gasteiger partial charge on any atom is -0.480 e. The number of para-hydroxylation sites is 1. The van der Waals surface area contributed by atoms with Gasteiger partial charge >= 0.3 is 12.6 Å². The number of ether oxygens (including phenoxy) is 2. The van der Waals surface area contributed by atoms with E-state index in [-0.39, 0.29) is 37.1 Å². The summed E-state index contributed by atoms with van der Waals surface area (Å²) in [5, 5.41) is 8.78. The van der Waals surface area contributed by atoms with Crippen LogP contribution in [0.1, 0.15) is 10.4 Å². The molecule has 9 heteroatoms. The van der Waals surface area contributed by atoms with Crippen molar-refractivity contribution in [2.45, 2.75) is 12.7 Å². The predicted octanol–water partition coefficient (Wildman–Crippen LogP) is 1.15. The number of carboxylic acids is 1. The molecule has 138 valence electrons. The fourth-order valence-corrected chi connectivity index (χ4v) is 2.67. The number of hydrogen-bond donors (Lipinski definition) is 1. The fraction of sp³-hybridized carbons (Fsp3) is 0.500. The number of amides is 1. The van der Waals surface area contributed by atoms with Gasteiger partial charge in [-0.3, -0.25) is 14.5 Å². The van der Waals surface area contributed by atoms with Crippen molar-refractivity contribution in [3.05, 3.63) is 29.8 Å². The summed E-state index contributed by atoms with van der Waals surface area (Å²) in [7, 11) is 1.64. The van der Waals surface area contributed by atoms with Crippen molar-refractivity contribution in [3.8, 4) is 5.75 Å². The van der Waals surface area contributed by atoms with E-state index in [4.69, 9.17) is 9.84 Å². The first-order valence-electron chi connectivity index (χ1n) is 7.72. The van der Waals surface area contributed by atoms with Crippen molar-refractivity contribution in [1.82, 2.24) is 9.80 Å². The molecule has 1 unspecified atom stereocenters. The third-order valence-corrected chi connectivity index (χ3v) is 3.68. The zero-order valence-electron chi connectivity index (χ0n) is 13.7. The summed E-state index contributed by atoms with van der Waals surface area (Å²) < 4.78 is 35.0. The van der Waals surface area contributed by atoms with Crippen LogP contribution >= 0.6 is 0 Å². The standard InChI is InChI=1S/C16H20F2N2O5/c1-19(10-14(21)22)8-11-9-20(6-7-24-11)15(23)12-4-2-3-5-13(12)25-16(17)18/h2-5,11,16H,6-10H2,1H3,(H,21,22). The number of carboxylic acid groups (broad SMARTS) is 1. The van der Waals surface area contributed by atoms with Crippen molar-refractivity contribution in [3.63, 3.8) is 0 Å². The van der Waals surface area contributed by atoms with Gasteiger partial charge in [-0.15, -0.1) is 0 Å². The smallest absolute Gasteiger partial charge is 0.387 e. The van der Waals surface area contributed by atoms with Gasteiger partial charge in [-0.05, 0) is 19.2 Å². The van der Waals surface area contributed by atoms with E-state index in [1.54, 1.807) is 18.0 Å². The first-order valence-corrected chi connectivity index (χ1v) is 7.72. The molecule has 1 amide bonds. The van der Waals surface area contributed by atoms with E-state index in [1.807, 2.05) is 0 Å². The number of hydrogen-bond acceptors (Lipinski definition) is 5. The summed E-state index contributed by atoms with van der Waals surface area (Å²) in [4.78, 5) is 26.4. The Morgan fingerprint density at radius 3 is 2.84 bits per heavy atom. The number of benzene rings is 1. The molecule has 1 atom stereocenters. The Hall–Kier alpha value is -2.26. The van der Waals surface area contributed by atoms with Crippen LogP contribution in [-0.4, -0.2) is 79.3 Å². The average Bonchev–Trinajstić information content (AvgIpc) is 2.53. The zero-order chi connectivity index (χ0) is 18.4. The number of alkyl halides is 2. The lowest BCUT2D eigenvalue weighted by molar-refractivity contribution is -0.138. The normalized spacial score (nSPS) is 17.8. The summed E-state index contributed by atoms with van der Waals surface area (Å²) in [6, 6.07) is 5.83. The van der Waals surface area contributed by atoms with Crippen LogP contribution in [0, 0.1) is 0 Å². The molecular weight excluding hydrogens is 338 g/mol. The van der Waals surface area contributed by atoms with Crippen molar-refractivity contribution in [1.29, 1.82) is 0 Å². The van der Waals surface area contributed by atoms with Crippen molar-refractivity contribution >= 4 is 11.9 Å². The molecule has 0 aliphatic carbocycles. The number of rotatable bonds is 7. The molecule has 7 nitrogen and oxygen atoms in total. The van der Waals surface area contributed by atoms with Crippen LogP contribution in [0.15, 0.2) is 24.3 Å². The van der Waals surface area contributed by atoms with Crippen molar-refractivity contribution in [2.75, 3.05) is 39.8 Å². The Balaban J connectivity index is 2.03. The van der Waals surface area contributed by atoms with Crippen LogP contribution in [0.4, 0.5) is 8.78 Å². The van der Waals surface area contributed by atoms with Gasteiger partial charge in [0.1, 0.15) is 5.75 Å². The molecular formula is C16H20F2N2O5. The minimum absolute atomic E-state index is 0.0577. The van der Waals surface area contributed by atoms with Gasteiger partial charge in [0.25, 0.3) is 5.91 Å². The van der Waals surface area contributed by atoms with E-state index >= 15 is 0 Å². The van der Waals surface area contributed by atoms with E-state index in [0.717, 1.165) is 0 Å². The Kier molecular flexibility index (Phi) is 6.65. The van der Waals surface area contributed by atoms with E-state index in [2.05, 4.69) is 4.74 Å². The molecule has 1 heterocycles. The molecule has 0 saturated carbocycles. The maximum Gasteiger partial charge on any atom is 0.387 e. The molecule has 1 saturated heterocycles. The number of carbonyl (C=O) groups is 2. The number of aliphatic carboxylic acids is 1. The Morgan fingerprint density at radius 1 is 1.44 bits per heavy atom. The summed E-state index contributed by atoms with van der Waals surface area (Å²) in [6.45, 7) is -1.97. The lowest BCUT2D eigenvalue weighted by atomic mass is 10.1. The summed E-state index contributed by atoms with van der Waals surface area (Å²) in [5.74, 6) is -1.55. The summed E-state index contributed by atoms with van der Waals surface area (Å²) >= 11 is 0. The van der Waals surface area contributed by atoms with Crippen molar-refractivity contribution < 1.29 is 33.0 Å². The SMILES string of the molecule is CN(CC(=O)O)CC1CN(C(=O)c2ccccc2OC(F)F)CCO1. The first kappa shape index (κ1) is 19.1. The molecule has 1 aromatic rings. The largest absolute Gasteiger partial charge is 0.480 e. The van der Waals surface area contributed by atoms with Gasteiger partial charge in [0.2, 0.25) is 0 Å². The molecule has 0 spiro atoms. The summed E-state index contributed by atoms with van der Waals surface area (Å²) in [6.07, 6.45) is -0.356. The molecule has 0 bridgehead atoms. The molecule has 25 heavy (non-hydrogen) atoms. The van der Waals surface area contributed by atoms with Gasteiger partial charge in [-0.1, -0.05) is 12.1 Å². The minimum atomic E-state index is -3.02. The quantitative estimate of drug-likeness (QED) is 0.788. The highest BCUT2D eigenvalue weighted by atomic mass is 19.3. The van der Waals surface area contributed by atoms with Gasteiger partial charge in [0, 0.05) is 19.6 Å². The van der Waals surface area contributed by atoms with Crippen LogP contribution in [0.25, 0.3) is 0 Å². The number of nitrogens with zero attached hydrogens (tertiary/aromatic N) is 2. The molecule has 2 rings (SSSR count). The van der Waals surface area contributed by atoms with Crippen LogP contribution in [0.5, 0.6) is 5.75 Å². The van der Waals surface area contributed by atoms with Gasteiger partial charge < -0.3 is 19.5 Å². The second-order valence-corrected chi connectivity index (χ2v) is 5.71. The van der Waals surface area contributed by atoms with Crippen LogP contribution in [0.2, 0.25) is 0 Å². The Morgan fingerprint density at radius 2 is 2.16 bits per heavy atom. The highest BCUT2D eigenvalue weighted by molar-refractivity contribution is 5.97. The van der Waals surface area contributed by atoms with Gasteiger partial charge in [0.15, 0.2) is 0 Å². The van der Waals surface area contributed by atoms with E-state index in [1.165, 1.54) is 23.1 Å². The lowest BCUT2D eigenvalue weighted by Gasteiger charge is -2.34. The molecule has 0 aromatic heterocycles. The van der Waals surface area contributed by atoms with Crippen LogP contribution in [0.3, 0.4) is 0 Å². The molecule has 1 fully saturated rings. The maximum absolute atomic E-state index is 12.6. The maximum atomic E-state index is 12.6. The number of morpholine rings is 1. The van der Waals surface area contributed by atoms with Crippen molar-refractivity contribution in [2.24, 2.45) is 0 Å². The monoisotopic (exact) mass is 358 g/mol. The number of carbonyl (C=O) groups excluding carboxylic acids is 1. The van der Waals surface area contributed by atoms with Crippen LogP contribution < -0.4 is 4.74 Å². The highest BCUT2D eigenvalue weighted by Crippen LogP contribution is 2.23. The van der Waals surface area contributed by atoms with E-state index in [9.17, 15) is 18.4 Å². The third kappa shape index (κ3) is 5.64. The molecule has 0 radical (unpaired) electrons. The average molecular weight is 358 g/mol. The predicted molar refractivity (Wildman–Crippen MR) is 83.9 cm³/mol. The van der Waals surface area contributed by atoms with Gasteiger partial charge in [0.05, 0.1) is 24.8 Å². The van der Waals surface area contributed by atoms with E-state index < -0.39 is 18.5 Å². The van der Waals surface area contributed by atoms with Gasteiger partial charge in [-0.2, -0.15) is 8.78 Å². The lowest BCUT2D eigenvalue weighted by Crippen LogP contribution is -2.49. The van der Waals surface area contributed by atoms with E-state index in [0.29, 0.717) is 13.1 Å². The Bertz CT molecular complexity index is 614. The third-order valence-electron chi connectivity index (χ3n) is 3.68. The molecule has 1 aliphatic rings.